The first-order valence-electron chi connectivity index (χ1n) is 6.19. The third-order valence-corrected chi connectivity index (χ3v) is 3.16. The van der Waals surface area contributed by atoms with Crippen molar-refractivity contribution < 1.29 is 14.6 Å². The predicted molar refractivity (Wildman–Crippen MR) is 68.0 cm³/mol. The quantitative estimate of drug-likeness (QED) is 0.854. The maximum Gasteiger partial charge on any atom is 0.339 e. The molecule has 1 saturated heterocycles. The van der Waals surface area contributed by atoms with Crippen molar-refractivity contribution in [2.45, 2.75) is 19.8 Å². The highest BCUT2D eigenvalue weighted by Gasteiger charge is 2.16. The van der Waals surface area contributed by atoms with E-state index in [1.165, 1.54) is 0 Å². The second-order valence-corrected chi connectivity index (χ2v) is 4.59. The fraction of sp³-hybridized carbons (Fsp3) is 0.538. The molecule has 0 aromatic carbocycles. The van der Waals surface area contributed by atoms with Crippen LogP contribution in [0.1, 0.15) is 28.9 Å². The molecule has 1 aliphatic rings. The van der Waals surface area contributed by atoms with E-state index in [0.717, 1.165) is 38.3 Å². The maximum absolute atomic E-state index is 11.1. The number of nitrogens with zero attached hydrogens (tertiary/aromatic N) is 1. The summed E-state index contributed by atoms with van der Waals surface area (Å²) in [5, 5.41) is 12.3. The van der Waals surface area contributed by atoms with Gasteiger partial charge in [-0.05, 0) is 37.8 Å². The summed E-state index contributed by atoms with van der Waals surface area (Å²) in [6.45, 7) is 4.18. The number of anilines is 1. The molecule has 1 aromatic rings. The van der Waals surface area contributed by atoms with E-state index in [0.29, 0.717) is 11.7 Å². The standard InChI is InChI=1S/C13H18N2O3/c1-9-2-3-11(13(16)17)12(15-9)14-8-10-4-6-18-7-5-10/h2-3,10H,4-8H2,1H3,(H,14,15)(H,16,17). The Labute approximate surface area is 106 Å². The van der Waals surface area contributed by atoms with E-state index < -0.39 is 5.97 Å². The summed E-state index contributed by atoms with van der Waals surface area (Å²) in [4.78, 5) is 15.3. The second-order valence-electron chi connectivity index (χ2n) is 4.59. The van der Waals surface area contributed by atoms with Crippen LogP contribution in [0.2, 0.25) is 0 Å². The predicted octanol–water partition coefficient (Wildman–Crippen LogP) is 1.93. The van der Waals surface area contributed by atoms with Crippen LogP contribution in [0.4, 0.5) is 5.82 Å². The molecule has 18 heavy (non-hydrogen) atoms. The summed E-state index contributed by atoms with van der Waals surface area (Å²) >= 11 is 0. The number of rotatable bonds is 4. The van der Waals surface area contributed by atoms with Gasteiger partial charge < -0.3 is 15.2 Å². The van der Waals surface area contributed by atoms with E-state index >= 15 is 0 Å². The molecular formula is C13H18N2O3. The summed E-state index contributed by atoms with van der Waals surface area (Å²) in [7, 11) is 0. The summed E-state index contributed by atoms with van der Waals surface area (Å²) in [6.07, 6.45) is 2.03. The highest BCUT2D eigenvalue weighted by atomic mass is 16.5. The Bertz CT molecular complexity index is 428. The van der Waals surface area contributed by atoms with E-state index in [2.05, 4.69) is 10.3 Å². The van der Waals surface area contributed by atoms with Gasteiger partial charge in [-0.3, -0.25) is 0 Å². The minimum atomic E-state index is -0.947. The molecule has 1 aromatic heterocycles. The molecule has 0 atom stereocenters. The maximum atomic E-state index is 11.1. The third kappa shape index (κ3) is 3.20. The first-order chi connectivity index (χ1) is 8.66. The average Bonchev–Trinajstić information content (AvgIpc) is 2.37. The Morgan fingerprint density at radius 2 is 2.22 bits per heavy atom. The number of carboxylic acids is 1. The lowest BCUT2D eigenvalue weighted by atomic mass is 10.0. The van der Waals surface area contributed by atoms with Crippen molar-refractivity contribution in [1.82, 2.24) is 4.98 Å². The van der Waals surface area contributed by atoms with Crippen molar-refractivity contribution in [1.29, 1.82) is 0 Å². The lowest BCUT2D eigenvalue weighted by molar-refractivity contribution is 0.0688. The van der Waals surface area contributed by atoms with Crippen LogP contribution in [0.15, 0.2) is 12.1 Å². The smallest absolute Gasteiger partial charge is 0.339 e. The summed E-state index contributed by atoms with van der Waals surface area (Å²) in [5.41, 5.74) is 1.04. The van der Waals surface area contributed by atoms with Gasteiger partial charge >= 0.3 is 5.97 Å². The van der Waals surface area contributed by atoms with E-state index in [9.17, 15) is 4.79 Å². The van der Waals surface area contributed by atoms with Crippen LogP contribution in [0.25, 0.3) is 0 Å². The van der Waals surface area contributed by atoms with E-state index in [-0.39, 0.29) is 5.56 Å². The average molecular weight is 250 g/mol. The SMILES string of the molecule is Cc1ccc(C(=O)O)c(NCC2CCOCC2)n1. The van der Waals surface area contributed by atoms with Crippen molar-refractivity contribution in [2.24, 2.45) is 5.92 Å². The lowest BCUT2D eigenvalue weighted by Crippen LogP contribution is -2.23. The number of aromatic carboxylic acids is 1. The fourth-order valence-corrected chi connectivity index (χ4v) is 2.06. The van der Waals surface area contributed by atoms with Crippen LogP contribution >= 0.6 is 0 Å². The first-order valence-corrected chi connectivity index (χ1v) is 6.19. The van der Waals surface area contributed by atoms with Crippen LogP contribution in [0.3, 0.4) is 0 Å². The summed E-state index contributed by atoms with van der Waals surface area (Å²) < 4.78 is 5.30. The number of carboxylic acid groups (broad SMARTS) is 1. The Morgan fingerprint density at radius 1 is 1.50 bits per heavy atom. The van der Waals surface area contributed by atoms with Crippen molar-refractivity contribution >= 4 is 11.8 Å². The van der Waals surface area contributed by atoms with Gasteiger partial charge in [-0.25, -0.2) is 9.78 Å². The van der Waals surface area contributed by atoms with Crippen molar-refractivity contribution in [2.75, 3.05) is 25.1 Å². The number of hydrogen-bond acceptors (Lipinski definition) is 4. The highest BCUT2D eigenvalue weighted by Crippen LogP contribution is 2.18. The van der Waals surface area contributed by atoms with Gasteiger partial charge in [-0.1, -0.05) is 0 Å². The molecule has 0 aliphatic carbocycles. The van der Waals surface area contributed by atoms with E-state index in [4.69, 9.17) is 9.84 Å². The van der Waals surface area contributed by atoms with Gasteiger partial charge in [-0.2, -0.15) is 0 Å². The number of pyridine rings is 1. The van der Waals surface area contributed by atoms with Crippen LogP contribution in [0.5, 0.6) is 0 Å². The molecule has 2 N–H and O–H groups in total. The van der Waals surface area contributed by atoms with Gasteiger partial charge in [-0.15, -0.1) is 0 Å². The molecule has 0 bridgehead atoms. The minimum absolute atomic E-state index is 0.229. The fourth-order valence-electron chi connectivity index (χ4n) is 2.06. The molecule has 0 saturated carbocycles. The van der Waals surface area contributed by atoms with Gasteiger partial charge in [0, 0.05) is 25.5 Å². The molecule has 5 nitrogen and oxygen atoms in total. The van der Waals surface area contributed by atoms with E-state index in [1.807, 2.05) is 6.92 Å². The molecule has 1 fully saturated rings. The summed E-state index contributed by atoms with van der Waals surface area (Å²) in [6, 6.07) is 3.31. The molecule has 0 radical (unpaired) electrons. The van der Waals surface area contributed by atoms with Gasteiger partial charge in [0.05, 0.1) is 0 Å². The van der Waals surface area contributed by atoms with Gasteiger partial charge in [0.1, 0.15) is 11.4 Å². The second kappa shape index (κ2) is 5.82. The van der Waals surface area contributed by atoms with Crippen LogP contribution in [-0.2, 0) is 4.74 Å². The Balaban J connectivity index is 2.03. The Hall–Kier alpha value is -1.62. The van der Waals surface area contributed by atoms with Crippen molar-refractivity contribution in [3.63, 3.8) is 0 Å². The molecule has 5 heteroatoms. The molecule has 0 spiro atoms. The zero-order valence-corrected chi connectivity index (χ0v) is 10.5. The zero-order chi connectivity index (χ0) is 13.0. The number of hydrogen-bond donors (Lipinski definition) is 2. The lowest BCUT2D eigenvalue weighted by Gasteiger charge is -2.22. The molecule has 0 unspecified atom stereocenters. The van der Waals surface area contributed by atoms with Crippen molar-refractivity contribution in [3.8, 4) is 0 Å². The third-order valence-electron chi connectivity index (χ3n) is 3.16. The molecule has 98 valence electrons. The van der Waals surface area contributed by atoms with Gasteiger partial charge in [0.2, 0.25) is 0 Å². The number of aryl methyl sites for hydroxylation is 1. The normalized spacial score (nSPS) is 16.5. The largest absolute Gasteiger partial charge is 0.478 e. The number of ether oxygens (including phenoxy) is 1. The minimum Gasteiger partial charge on any atom is -0.478 e. The first kappa shape index (κ1) is 12.8. The van der Waals surface area contributed by atoms with Crippen LogP contribution < -0.4 is 5.32 Å². The molecule has 0 amide bonds. The monoisotopic (exact) mass is 250 g/mol. The zero-order valence-electron chi connectivity index (χ0n) is 10.5. The number of carbonyl (C=O) groups is 1. The van der Waals surface area contributed by atoms with E-state index in [1.54, 1.807) is 12.1 Å². The number of nitrogens with one attached hydrogen (secondary N) is 1. The Kier molecular flexibility index (Phi) is 4.15. The van der Waals surface area contributed by atoms with Crippen LogP contribution in [-0.4, -0.2) is 35.8 Å². The molecule has 1 aliphatic heterocycles. The molecular weight excluding hydrogens is 232 g/mol. The number of aromatic nitrogens is 1. The topological polar surface area (TPSA) is 71.5 Å². The summed E-state index contributed by atoms with van der Waals surface area (Å²) in [5.74, 6) is 0.0497. The van der Waals surface area contributed by atoms with Gasteiger partial charge in [0.25, 0.3) is 0 Å². The highest BCUT2D eigenvalue weighted by molar-refractivity contribution is 5.93. The van der Waals surface area contributed by atoms with Crippen molar-refractivity contribution in [3.05, 3.63) is 23.4 Å². The molecule has 2 rings (SSSR count). The van der Waals surface area contributed by atoms with Crippen LogP contribution in [0, 0.1) is 12.8 Å². The Morgan fingerprint density at radius 3 is 2.89 bits per heavy atom. The van der Waals surface area contributed by atoms with Gasteiger partial charge in [0.15, 0.2) is 0 Å². The molecule has 2 heterocycles.